The minimum atomic E-state index is -0.641. The van der Waals surface area contributed by atoms with Crippen molar-refractivity contribution >= 4 is 5.78 Å². The summed E-state index contributed by atoms with van der Waals surface area (Å²) in [6, 6.07) is 12.0. The second-order valence-corrected chi connectivity index (χ2v) is 5.20. The number of nitrogens with two attached hydrogens (primary N) is 1. The van der Waals surface area contributed by atoms with E-state index in [4.69, 9.17) is 5.73 Å². The van der Waals surface area contributed by atoms with E-state index in [9.17, 15) is 9.18 Å². The zero-order valence-corrected chi connectivity index (χ0v) is 15.6. The third kappa shape index (κ3) is 4.79. The topological polar surface area (TPSA) is 68.9 Å². The van der Waals surface area contributed by atoms with Crippen LogP contribution in [0, 0.1) is 18.4 Å². The largest absolute Gasteiger partial charge is 2.00 e. The molecule has 2 heterocycles. The number of carbonyl (C=O) groups is 1. The van der Waals surface area contributed by atoms with E-state index in [0.717, 1.165) is 11.3 Å². The van der Waals surface area contributed by atoms with Crippen molar-refractivity contribution in [3.8, 4) is 11.3 Å². The molecule has 0 fully saturated rings. The summed E-state index contributed by atoms with van der Waals surface area (Å²) in [6.07, 6.45) is 7.62. The molecule has 6 heteroatoms. The Balaban J connectivity index is 0.00000225. The fraction of sp³-hybridized carbons (Fsp3) is 0.0526. The molecule has 0 aliphatic carbocycles. The minimum absolute atomic E-state index is 0. The standard InChI is InChI=1S/C19H14FN3O.Os/c20-16-6-3-13(4-7-16)19(24)10-17(21)14-5-8-18(23-12-14)15-2-1-9-22-11-15;/h1-11,17H,21H2;/q-2;+2. The van der Waals surface area contributed by atoms with Gasteiger partial charge in [0.05, 0.1) is 0 Å². The number of ketones is 1. The van der Waals surface area contributed by atoms with Crippen molar-refractivity contribution in [3.05, 3.63) is 90.5 Å². The Kier molecular flexibility index (Phi) is 6.52. The Morgan fingerprint density at radius 1 is 1.16 bits per heavy atom. The molecule has 0 amide bonds. The number of halogens is 1. The number of pyridine rings is 2. The number of hydrogen-bond donors (Lipinski definition) is 1. The van der Waals surface area contributed by atoms with Crippen molar-refractivity contribution in [2.24, 2.45) is 5.73 Å². The van der Waals surface area contributed by atoms with Crippen LogP contribution >= 0.6 is 0 Å². The van der Waals surface area contributed by atoms with E-state index >= 15 is 0 Å². The van der Waals surface area contributed by atoms with E-state index in [-0.39, 0.29) is 31.4 Å². The van der Waals surface area contributed by atoms with Gasteiger partial charge in [0, 0.05) is 18.2 Å². The Morgan fingerprint density at radius 2 is 1.92 bits per heavy atom. The molecule has 0 radical (unpaired) electrons. The first-order valence-electron chi connectivity index (χ1n) is 7.33. The number of rotatable bonds is 5. The van der Waals surface area contributed by atoms with Crippen LogP contribution in [-0.4, -0.2) is 15.8 Å². The smallest absolute Gasteiger partial charge is 0.386 e. The van der Waals surface area contributed by atoms with Crippen molar-refractivity contribution in [1.82, 2.24) is 9.97 Å². The number of Topliss-reactive ketones (excluding diaryl/α,β-unsaturated/α-hetero) is 1. The molecule has 0 bridgehead atoms. The second-order valence-electron chi connectivity index (χ2n) is 5.20. The van der Waals surface area contributed by atoms with Crippen LogP contribution in [-0.2, 0) is 19.8 Å². The van der Waals surface area contributed by atoms with Gasteiger partial charge in [0.25, 0.3) is 0 Å². The molecule has 0 saturated carbocycles. The molecule has 0 aliphatic rings. The molecule has 1 atom stereocenters. The Bertz CT molecular complexity index is 824. The Labute approximate surface area is 158 Å². The average Bonchev–Trinajstić information content (AvgIpc) is 2.63. The molecule has 126 valence electrons. The molecule has 2 aromatic heterocycles. The predicted molar refractivity (Wildman–Crippen MR) is 88.3 cm³/mol. The molecule has 0 saturated heterocycles. The first-order chi connectivity index (χ1) is 11.6. The van der Waals surface area contributed by atoms with Crippen molar-refractivity contribution in [1.29, 1.82) is 0 Å². The maximum absolute atomic E-state index is 12.9. The van der Waals surface area contributed by atoms with E-state index < -0.39 is 6.04 Å². The monoisotopic (exact) mass is 511 g/mol. The van der Waals surface area contributed by atoms with Crippen molar-refractivity contribution < 1.29 is 29.0 Å². The van der Waals surface area contributed by atoms with Gasteiger partial charge in [-0.3, -0.25) is 4.98 Å². The van der Waals surface area contributed by atoms with Gasteiger partial charge in [-0.15, -0.1) is 29.3 Å². The van der Waals surface area contributed by atoms with E-state index in [0.29, 0.717) is 11.1 Å². The van der Waals surface area contributed by atoms with E-state index in [2.05, 4.69) is 16.2 Å². The zero-order chi connectivity index (χ0) is 16.9. The van der Waals surface area contributed by atoms with Crippen LogP contribution in [0.4, 0.5) is 4.39 Å². The van der Waals surface area contributed by atoms with Crippen LogP contribution in [0.25, 0.3) is 11.3 Å². The van der Waals surface area contributed by atoms with Crippen LogP contribution in [0.3, 0.4) is 0 Å². The van der Waals surface area contributed by atoms with Crippen LogP contribution in [0.15, 0.2) is 60.9 Å². The van der Waals surface area contributed by atoms with Crippen molar-refractivity contribution in [2.75, 3.05) is 0 Å². The van der Waals surface area contributed by atoms with E-state index in [1.165, 1.54) is 30.7 Å². The van der Waals surface area contributed by atoms with Gasteiger partial charge in [0.2, 0.25) is 0 Å². The van der Waals surface area contributed by atoms with Gasteiger partial charge in [0.15, 0.2) is 0 Å². The number of nitrogens with zero attached hydrogens (tertiary/aromatic N) is 2. The number of aromatic nitrogens is 2. The average molecular weight is 510 g/mol. The van der Waals surface area contributed by atoms with Crippen LogP contribution in [0.2, 0.25) is 0 Å². The van der Waals surface area contributed by atoms with Gasteiger partial charge in [-0.1, -0.05) is 12.3 Å². The molecule has 1 unspecified atom stereocenters. The van der Waals surface area contributed by atoms with Crippen molar-refractivity contribution in [3.63, 3.8) is 0 Å². The molecule has 3 aromatic rings. The minimum Gasteiger partial charge on any atom is -0.386 e. The summed E-state index contributed by atoms with van der Waals surface area (Å²) in [4.78, 5) is 20.4. The Hall–Kier alpha value is -2.41. The molecular weight excluding hydrogens is 495 g/mol. The maximum atomic E-state index is 12.9. The number of benzene rings is 1. The summed E-state index contributed by atoms with van der Waals surface area (Å²) in [5.41, 5.74) is 8.60. The fourth-order valence-corrected chi connectivity index (χ4v) is 2.19. The zero-order valence-electron chi connectivity index (χ0n) is 13.0. The summed E-state index contributed by atoms with van der Waals surface area (Å²) in [5, 5.41) is 0. The summed E-state index contributed by atoms with van der Waals surface area (Å²) in [6.45, 7) is 0. The third-order valence-electron chi connectivity index (χ3n) is 3.50. The first-order valence-corrected chi connectivity index (χ1v) is 7.33. The summed E-state index contributed by atoms with van der Waals surface area (Å²) in [7, 11) is 0. The van der Waals surface area contributed by atoms with Crippen LogP contribution < -0.4 is 5.73 Å². The molecule has 3 rings (SSSR count). The van der Waals surface area contributed by atoms with Gasteiger partial charge in [-0.25, -0.2) is 4.39 Å². The van der Waals surface area contributed by atoms with Gasteiger partial charge >= 0.3 is 19.8 Å². The van der Waals surface area contributed by atoms with Crippen LogP contribution in [0.1, 0.15) is 22.0 Å². The van der Waals surface area contributed by atoms with E-state index in [1.54, 1.807) is 24.5 Å². The molecule has 0 spiro atoms. The number of carbonyl (C=O) groups excluding carboxylic acids is 1. The van der Waals surface area contributed by atoms with Gasteiger partial charge in [0.1, 0.15) is 5.82 Å². The van der Waals surface area contributed by atoms with Gasteiger partial charge in [-0.05, 0) is 35.5 Å². The predicted octanol–water partition coefficient (Wildman–Crippen LogP) is 3.17. The molecule has 0 aliphatic heterocycles. The summed E-state index contributed by atoms with van der Waals surface area (Å²) in [5.74, 6) is -0.661. The maximum Gasteiger partial charge on any atom is 2.00 e. The normalized spacial score (nSPS) is 11.3. The molecular formula is C19H14FN3OOs. The molecule has 25 heavy (non-hydrogen) atoms. The van der Waals surface area contributed by atoms with E-state index in [1.807, 2.05) is 12.1 Å². The summed E-state index contributed by atoms with van der Waals surface area (Å²) < 4.78 is 12.9. The fourth-order valence-electron chi connectivity index (χ4n) is 2.19. The Morgan fingerprint density at radius 3 is 2.52 bits per heavy atom. The number of hydrogen-bond acceptors (Lipinski definition) is 4. The van der Waals surface area contributed by atoms with Crippen LogP contribution in [0.5, 0.6) is 0 Å². The summed E-state index contributed by atoms with van der Waals surface area (Å²) >= 11 is 0. The van der Waals surface area contributed by atoms with Gasteiger partial charge in [-0.2, -0.15) is 12.5 Å². The third-order valence-corrected chi connectivity index (χ3v) is 3.50. The van der Waals surface area contributed by atoms with Crippen molar-refractivity contribution in [2.45, 2.75) is 6.04 Å². The molecule has 2 N–H and O–H groups in total. The van der Waals surface area contributed by atoms with Gasteiger partial charge < -0.3 is 15.5 Å². The molecule has 4 nitrogen and oxygen atoms in total. The molecule has 1 aromatic carbocycles. The SMILES string of the molecule is NC([CH-]C(=O)c1ccc(F)cc1)c1[c-]nc(-c2cccnc2)cc1.[Os+2]. The quantitative estimate of drug-likeness (QED) is 0.424. The first kappa shape index (κ1) is 18.9. The second kappa shape index (κ2) is 8.62.